The third-order valence-corrected chi connectivity index (χ3v) is 3.69. The zero-order valence-electron chi connectivity index (χ0n) is 10.8. The molecule has 0 unspecified atom stereocenters. The minimum absolute atomic E-state index is 0.0750. The molecule has 6 nitrogen and oxygen atoms in total. The molecule has 1 aromatic rings. The molecule has 19 heavy (non-hydrogen) atoms. The molecule has 1 spiro atoms. The summed E-state index contributed by atoms with van der Waals surface area (Å²) in [6.45, 7) is 0.979. The fraction of sp³-hybridized carbons (Fsp3) is 0.692. The highest BCUT2D eigenvalue weighted by molar-refractivity contribution is 5.91. The molecule has 3 rings (SSSR count). The molecule has 104 valence electrons. The molecule has 2 aliphatic rings. The number of nitrogens with zero attached hydrogens (tertiary/aromatic N) is 1. The van der Waals surface area contributed by atoms with Gasteiger partial charge >= 0.3 is 0 Å². The highest BCUT2D eigenvalue weighted by Crippen LogP contribution is 2.37. The van der Waals surface area contributed by atoms with Crippen molar-refractivity contribution >= 4 is 5.91 Å². The highest BCUT2D eigenvalue weighted by atomic mass is 16.7. The van der Waals surface area contributed by atoms with Crippen molar-refractivity contribution in [2.75, 3.05) is 13.2 Å². The molecule has 1 aromatic heterocycles. The van der Waals surface area contributed by atoms with Crippen molar-refractivity contribution in [3.8, 4) is 0 Å². The lowest BCUT2D eigenvalue weighted by Gasteiger charge is -2.31. The van der Waals surface area contributed by atoms with E-state index in [1.54, 1.807) is 0 Å². The van der Waals surface area contributed by atoms with Crippen molar-refractivity contribution in [3.05, 3.63) is 18.0 Å². The molecule has 1 aliphatic carbocycles. The van der Waals surface area contributed by atoms with Gasteiger partial charge in [-0.1, -0.05) is 11.6 Å². The smallest absolute Gasteiger partial charge is 0.273 e. The maximum Gasteiger partial charge on any atom is 0.273 e. The van der Waals surface area contributed by atoms with Crippen molar-refractivity contribution in [3.63, 3.8) is 0 Å². The number of carbonyl (C=O) groups is 1. The second-order valence-corrected chi connectivity index (χ2v) is 5.12. The molecule has 0 radical (unpaired) electrons. The molecule has 2 heterocycles. The van der Waals surface area contributed by atoms with Gasteiger partial charge < -0.3 is 19.3 Å². The van der Waals surface area contributed by atoms with Crippen LogP contribution in [0.25, 0.3) is 0 Å². The maximum absolute atomic E-state index is 11.7. The van der Waals surface area contributed by atoms with Crippen LogP contribution in [-0.4, -0.2) is 36.1 Å². The van der Waals surface area contributed by atoms with E-state index >= 15 is 0 Å². The topological polar surface area (TPSA) is 73.6 Å². The van der Waals surface area contributed by atoms with Crippen LogP contribution in [0.4, 0.5) is 0 Å². The second kappa shape index (κ2) is 5.30. The molecule has 1 N–H and O–H groups in total. The van der Waals surface area contributed by atoms with Crippen LogP contribution in [0.5, 0.6) is 0 Å². The Kier molecular flexibility index (Phi) is 3.52. The molecule has 0 bridgehead atoms. The number of hydrogen-bond acceptors (Lipinski definition) is 5. The summed E-state index contributed by atoms with van der Waals surface area (Å²) >= 11 is 0. The normalized spacial score (nSPS) is 25.6. The quantitative estimate of drug-likeness (QED) is 0.897. The Morgan fingerprint density at radius 2 is 2.26 bits per heavy atom. The summed E-state index contributed by atoms with van der Waals surface area (Å²) in [5.41, 5.74) is 0.284. The van der Waals surface area contributed by atoms with Crippen molar-refractivity contribution in [2.24, 2.45) is 0 Å². The van der Waals surface area contributed by atoms with Crippen LogP contribution >= 0.6 is 0 Å². The van der Waals surface area contributed by atoms with E-state index in [2.05, 4.69) is 15.0 Å². The van der Waals surface area contributed by atoms with Crippen LogP contribution in [0.15, 0.2) is 16.9 Å². The first-order chi connectivity index (χ1) is 9.27. The lowest BCUT2D eigenvalue weighted by atomic mass is 9.94. The first-order valence-electron chi connectivity index (χ1n) is 6.78. The van der Waals surface area contributed by atoms with E-state index in [4.69, 9.17) is 9.47 Å². The van der Waals surface area contributed by atoms with E-state index in [1.807, 2.05) is 0 Å². The number of aromatic nitrogens is 1. The van der Waals surface area contributed by atoms with Gasteiger partial charge in [0.05, 0.1) is 6.61 Å². The summed E-state index contributed by atoms with van der Waals surface area (Å²) in [4.78, 5) is 11.7. The first kappa shape index (κ1) is 12.6. The predicted molar refractivity (Wildman–Crippen MR) is 65.5 cm³/mol. The predicted octanol–water partition coefficient (Wildman–Crippen LogP) is 1.48. The Morgan fingerprint density at radius 1 is 1.42 bits per heavy atom. The third kappa shape index (κ3) is 2.79. The molecular weight excluding hydrogens is 248 g/mol. The van der Waals surface area contributed by atoms with Gasteiger partial charge in [-0.2, -0.15) is 0 Å². The average Bonchev–Trinajstić information content (AvgIpc) is 3.08. The molecule has 0 aromatic carbocycles. The maximum atomic E-state index is 11.7. The lowest BCUT2D eigenvalue weighted by molar-refractivity contribution is -0.186. The lowest BCUT2D eigenvalue weighted by Crippen LogP contribution is -2.37. The van der Waals surface area contributed by atoms with E-state index < -0.39 is 0 Å². The van der Waals surface area contributed by atoms with E-state index in [0.717, 1.165) is 25.7 Å². The van der Waals surface area contributed by atoms with Crippen LogP contribution < -0.4 is 5.32 Å². The number of carbonyl (C=O) groups excluding carboxylic acids is 1. The van der Waals surface area contributed by atoms with Crippen molar-refractivity contribution in [2.45, 2.75) is 44.0 Å². The SMILES string of the molecule is O=C(NC[C@H]1COC2(CCCCC2)O1)c1ccon1. The molecule has 6 heteroatoms. The van der Waals surface area contributed by atoms with Crippen LogP contribution in [-0.2, 0) is 9.47 Å². The average molecular weight is 266 g/mol. The van der Waals surface area contributed by atoms with Gasteiger partial charge in [0.1, 0.15) is 12.4 Å². The summed E-state index contributed by atoms with van der Waals surface area (Å²) in [5, 5.41) is 6.37. The molecule has 1 aliphatic heterocycles. The minimum atomic E-state index is -0.387. The molecular formula is C13H18N2O4. The number of nitrogens with one attached hydrogen (secondary N) is 1. The van der Waals surface area contributed by atoms with Gasteiger partial charge in [-0.3, -0.25) is 4.79 Å². The van der Waals surface area contributed by atoms with Crippen molar-refractivity contribution in [1.82, 2.24) is 10.5 Å². The van der Waals surface area contributed by atoms with Gasteiger partial charge in [-0.05, 0) is 12.8 Å². The fourth-order valence-electron chi connectivity index (χ4n) is 2.70. The number of amides is 1. The van der Waals surface area contributed by atoms with Crippen molar-refractivity contribution in [1.29, 1.82) is 0 Å². The second-order valence-electron chi connectivity index (χ2n) is 5.12. The minimum Gasteiger partial charge on any atom is -0.364 e. The van der Waals surface area contributed by atoms with Gasteiger partial charge in [-0.15, -0.1) is 0 Å². The van der Waals surface area contributed by atoms with Crippen LogP contribution in [0, 0.1) is 0 Å². The molecule has 1 amide bonds. The molecule has 1 saturated heterocycles. The Hall–Kier alpha value is -1.40. The van der Waals surface area contributed by atoms with E-state index in [-0.39, 0.29) is 23.5 Å². The summed E-state index contributed by atoms with van der Waals surface area (Å²) < 4.78 is 16.4. The van der Waals surface area contributed by atoms with Gasteiger partial charge in [0.25, 0.3) is 5.91 Å². The fourth-order valence-corrected chi connectivity index (χ4v) is 2.70. The highest BCUT2D eigenvalue weighted by Gasteiger charge is 2.42. The summed E-state index contributed by atoms with van der Waals surface area (Å²) in [7, 11) is 0. The Balaban J connectivity index is 1.48. The Bertz CT molecular complexity index is 426. The third-order valence-electron chi connectivity index (χ3n) is 3.69. The monoisotopic (exact) mass is 266 g/mol. The molecule has 1 atom stereocenters. The van der Waals surface area contributed by atoms with Crippen LogP contribution in [0.3, 0.4) is 0 Å². The molecule has 2 fully saturated rings. The standard InChI is InChI=1S/C13H18N2O4/c16-12(11-4-7-18-15-11)14-8-10-9-17-13(19-10)5-2-1-3-6-13/h4,7,10H,1-3,5-6,8-9H2,(H,14,16)/t10-/m0/s1. The summed E-state index contributed by atoms with van der Waals surface area (Å²) in [6.07, 6.45) is 6.77. The zero-order chi connectivity index (χ0) is 13.1. The number of ether oxygens (including phenoxy) is 2. The number of rotatable bonds is 3. The molecule has 1 saturated carbocycles. The van der Waals surface area contributed by atoms with Crippen molar-refractivity contribution < 1.29 is 18.8 Å². The summed E-state index contributed by atoms with van der Waals surface area (Å²) in [5.74, 6) is -0.636. The largest absolute Gasteiger partial charge is 0.364 e. The van der Waals surface area contributed by atoms with Gasteiger partial charge in [0.15, 0.2) is 11.5 Å². The van der Waals surface area contributed by atoms with E-state index in [9.17, 15) is 4.79 Å². The first-order valence-corrected chi connectivity index (χ1v) is 6.78. The Labute approximate surface area is 111 Å². The van der Waals surface area contributed by atoms with E-state index in [0.29, 0.717) is 13.2 Å². The van der Waals surface area contributed by atoms with Crippen LogP contribution in [0.1, 0.15) is 42.6 Å². The van der Waals surface area contributed by atoms with Crippen LogP contribution in [0.2, 0.25) is 0 Å². The number of hydrogen-bond donors (Lipinski definition) is 1. The van der Waals surface area contributed by atoms with Gasteiger partial charge in [0.2, 0.25) is 0 Å². The van der Waals surface area contributed by atoms with Gasteiger partial charge in [-0.25, -0.2) is 0 Å². The summed E-state index contributed by atoms with van der Waals surface area (Å²) in [6, 6.07) is 1.53. The zero-order valence-corrected chi connectivity index (χ0v) is 10.8. The Morgan fingerprint density at radius 3 is 3.00 bits per heavy atom. The van der Waals surface area contributed by atoms with Gasteiger partial charge in [0, 0.05) is 25.5 Å². The van der Waals surface area contributed by atoms with E-state index in [1.165, 1.54) is 18.8 Å².